The van der Waals surface area contributed by atoms with Crippen molar-refractivity contribution in [1.29, 1.82) is 0 Å². The number of esters is 1. The van der Waals surface area contributed by atoms with E-state index in [2.05, 4.69) is 13.0 Å². The molecule has 3 atom stereocenters. The number of furan rings is 1. The molecule has 4 heteroatoms. The molecule has 0 N–H and O–H groups in total. The third-order valence-electron chi connectivity index (χ3n) is 4.43. The Bertz CT molecular complexity index is 597. The average Bonchev–Trinajstić information content (AvgIpc) is 2.91. The van der Waals surface area contributed by atoms with Crippen LogP contribution < -0.4 is 0 Å². The molecule has 2 bridgehead atoms. The first kappa shape index (κ1) is 11.3. The zero-order chi connectivity index (χ0) is 13.2. The molecule has 1 aromatic rings. The third kappa shape index (κ3) is 1.40. The molecule has 3 aliphatic rings. The Morgan fingerprint density at radius 1 is 1.37 bits per heavy atom. The fraction of sp³-hybridized carbons (Fsp3) is 0.533. The summed E-state index contributed by atoms with van der Waals surface area (Å²) >= 11 is 0. The van der Waals surface area contributed by atoms with Gasteiger partial charge in [0, 0.05) is 12.0 Å². The van der Waals surface area contributed by atoms with Gasteiger partial charge in [0.05, 0.1) is 6.26 Å². The second-order valence-corrected chi connectivity index (χ2v) is 5.78. The minimum absolute atomic E-state index is 0.123. The van der Waals surface area contributed by atoms with Crippen LogP contribution in [0.2, 0.25) is 0 Å². The van der Waals surface area contributed by atoms with Gasteiger partial charge in [0.25, 0.3) is 0 Å². The van der Waals surface area contributed by atoms with Crippen LogP contribution in [0.4, 0.5) is 0 Å². The Morgan fingerprint density at radius 3 is 3.00 bits per heavy atom. The van der Waals surface area contributed by atoms with Crippen LogP contribution in [-0.2, 0) is 20.7 Å². The Kier molecular flexibility index (Phi) is 2.09. The molecule has 2 aliphatic heterocycles. The summed E-state index contributed by atoms with van der Waals surface area (Å²) in [6.07, 6.45) is 5.84. The third-order valence-corrected chi connectivity index (χ3v) is 4.43. The van der Waals surface area contributed by atoms with Gasteiger partial charge in [-0.15, -0.1) is 0 Å². The van der Waals surface area contributed by atoms with E-state index in [9.17, 15) is 4.79 Å². The van der Waals surface area contributed by atoms with E-state index in [-0.39, 0.29) is 18.2 Å². The highest BCUT2D eigenvalue weighted by Gasteiger charge is 2.73. The Labute approximate surface area is 111 Å². The Hall–Kier alpha value is -1.55. The highest BCUT2D eigenvalue weighted by molar-refractivity contribution is 5.87. The summed E-state index contributed by atoms with van der Waals surface area (Å²) in [6, 6.07) is 0. The number of hydrogen-bond acceptors (Lipinski definition) is 4. The number of carbonyl (C=O) groups is 1. The largest absolute Gasteiger partial charge is 0.468 e. The van der Waals surface area contributed by atoms with E-state index in [1.165, 1.54) is 5.57 Å². The van der Waals surface area contributed by atoms with Crippen LogP contribution in [0.3, 0.4) is 0 Å². The second kappa shape index (κ2) is 3.51. The van der Waals surface area contributed by atoms with E-state index in [4.69, 9.17) is 13.9 Å². The molecule has 2 fully saturated rings. The number of rotatable bonds is 0. The standard InChI is InChI=1S/C15H16O4/c1-8-4-3-5-15-13(19-15)12(18-14(15)16)11-9(2)7-17-10(11)6-8/h4,7,12-13H,3,5-6H2,1-2H3/b8-4+/t12-,13+,15?/m0/s1. The van der Waals surface area contributed by atoms with Crippen molar-refractivity contribution < 1.29 is 18.7 Å². The van der Waals surface area contributed by atoms with Crippen molar-refractivity contribution in [3.8, 4) is 0 Å². The van der Waals surface area contributed by atoms with Crippen molar-refractivity contribution in [1.82, 2.24) is 0 Å². The smallest absolute Gasteiger partial charge is 0.342 e. The summed E-state index contributed by atoms with van der Waals surface area (Å²) in [5, 5.41) is 0. The van der Waals surface area contributed by atoms with Crippen LogP contribution in [0, 0.1) is 6.92 Å². The topological polar surface area (TPSA) is 52.0 Å². The van der Waals surface area contributed by atoms with Crippen LogP contribution in [-0.4, -0.2) is 17.7 Å². The molecule has 2 saturated heterocycles. The molecular formula is C15H16O4. The first-order chi connectivity index (χ1) is 9.12. The summed E-state index contributed by atoms with van der Waals surface area (Å²) in [5.74, 6) is 0.694. The zero-order valence-corrected chi connectivity index (χ0v) is 11.1. The summed E-state index contributed by atoms with van der Waals surface area (Å²) in [7, 11) is 0. The van der Waals surface area contributed by atoms with E-state index in [0.29, 0.717) is 0 Å². The molecule has 0 spiro atoms. The zero-order valence-electron chi connectivity index (χ0n) is 11.1. The van der Waals surface area contributed by atoms with Gasteiger partial charge < -0.3 is 13.9 Å². The summed E-state index contributed by atoms with van der Waals surface area (Å²) in [6.45, 7) is 4.08. The highest BCUT2D eigenvalue weighted by atomic mass is 16.7. The van der Waals surface area contributed by atoms with Crippen LogP contribution in [0.1, 0.15) is 42.8 Å². The van der Waals surface area contributed by atoms with Gasteiger partial charge in [-0.3, -0.25) is 0 Å². The van der Waals surface area contributed by atoms with Crippen molar-refractivity contribution in [2.24, 2.45) is 0 Å². The van der Waals surface area contributed by atoms with Gasteiger partial charge in [0.15, 0.2) is 11.7 Å². The lowest BCUT2D eigenvalue weighted by Crippen LogP contribution is -2.22. The molecule has 3 heterocycles. The maximum absolute atomic E-state index is 12.1. The normalized spacial score (nSPS) is 38.8. The maximum Gasteiger partial charge on any atom is 0.342 e. The van der Waals surface area contributed by atoms with Gasteiger partial charge in [-0.2, -0.15) is 0 Å². The fourth-order valence-corrected chi connectivity index (χ4v) is 3.34. The number of epoxide rings is 1. The van der Waals surface area contributed by atoms with Gasteiger partial charge in [-0.05, 0) is 32.3 Å². The number of allylic oxidation sites excluding steroid dienone is 2. The van der Waals surface area contributed by atoms with Crippen molar-refractivity contribution in [2.45, 2.75) is 50.9 Å². The molecule has 4 nitrogen and oxygen atoms in total. The molecule has 100 valence electrons. The number of carbonyl (C=O) groups excluding carboxylic acids is 1. The van der Waals surface area contributed by atoms with Crippen LogP contribution in [0.15, 0.2) is 22.3 Å². The van der Waals surface area contributed by atoms with E-state index in [1.807, 2.05) is 6.92 Å². The molecule has 4 rings (SSSR count). The monoisotopic (exact) mass is 260 g/mol. The van der Waals surface area contributed by atoms with Gasteiger partial charge in [0.2, 0.25) is 0 Å². The number of ether oxygens (including phenoxy) is 2. The lowest BCUT2D eigenvalue weighted by atomic mass is 9.91. The molecule has 1 aliphatic carbocycles. The number of hydrogen-bond donors (Lipinski definition) is 0. The predicted molar refractivity (Wildman–Crippen MR) is 66.6 cm³/mol. The molecule has 1 unspecified atom stereocenters. The Balaban J connectivity index is 1.85. The summed E-state index contributed by atoms with van der Waals surface area (Å²) in [4.78, 5) is 12.1. The van der Waals surface area contributed by atoms with E-state index in [0.717, 1.165) is 36.1 Å². The summed E-state index contributed by atoms with van der Waals surface area (Å²) < 4.78 is 16.9. The first-order valence-corrected chi connectivity index (χ1v) is 6.73. The predicted octanol–water partition coefficient (Wildman–Crippen LogP) is 2.61. The number of aryl methyl sites for hydroxylation is 1. The minimum atomic E-state index is -0.681. The number of fused-ring (bicyclic) bond motifs is 2. The van der Waals surface area contributed by atoms with Crippen LogP contribution >= 0.6 is 0 Å². The molecule has 0 amide bonds. The fourth-order valence-electron chi connectivity index (χ4n) is 3.34. The molecular weight excluding hydrogens is 244 g/mol. The van der Waals surface area contributed by atoms with Crippen molar-refractivity contribution in [3.63, 3.8) is 0 Å². The highest BCUT2D eigenvalue weighted by Crippen LogP contribution is 2.57. The van der Waals surface area contributed by atoms with Crippen molar-refractivity contribution in [2.75, 3.05) is 0 Å². The average molecular weight is 260 g/mol. The molecule has 1 aromatic heterocycles. The van der Waals surface area contributed by atoms with Crippen LogP contribution in [0.5, 0.6) is 0 Å². The molecule has 0 saturated carbocycles. The molecule has 19 heavy (non-hydrogen) atoms. The van der Waals surface area contributed by atoms with E-state index >= 15 is 0 Å². The Morgan fingerprint density at radius 2 is 2.21 bits per heavy atom. The van der Waals surface area contributed by atoms with Gasteiger partial charge in [-0.25, -0.2) is 4.79 Å². The summed E-state index contributed by atoms with van der Waals surface area (Å²) in [5.41, 5.74) is 2.62. The van der Waals surface area contributed by atoms with E-state index in [1.54, 1.807) is 6.26 Å². The lowest BCUT2D eigenvalue weighted by Gasteiger charge is -2.13. The van der Waals surface area contributed by atoms with Crippen molar-refractivity contribution in [3.05, 3.63) is 34.8 Å². The van der Waals surface area contributed by atoms with Gasteiger partial charge in [-0.1, -0.05) is 11.6 Å². The minimum Gasteiger partial charge on any atom is -0.468 e. The lowest BCUT2D eigenvalue weighted by molar-refractivity contribution is -0.154. The molecule has 0 radical (unpaired) electrons. The van der Waals surface area contributed by atoms with Crippen LogP contribution in [0.25, 0.3) is 0 Å². The van der Waals surface area contributed by atoms with Crippen molar-refractivity contribution >= 4 is 5.97 Å². The maximum atomic E-state index is 12.1. The second-order valence-electron chi connectivity index (χ2n) is 5.78. The first-order valence-electron chi connectivity index (χ1n) is 6.73. The quantitative estimate of drug-likeness (QED) is 0.409. The molecule has 0 aromatic carbocycles. The van der Waals surface area contributed by atoms with E-state index < -0.39 is 5.60 Å². The van der Waals surface area contributed by atoms with Gasteiger partial charge >= 0.3 is 5.97 Å². The SMILES string of the molecule is C/C1=C\CCC23O[C@@H]2[C@@H](OC3=O)c2c(C)coc2C1. The van der Waals surface area contributed by atoms with Gasteiger partial charge in [0.1, 0.15) is 11.9 Å².